The molecule has 0 saturated carbocycles. The number of carbonyl (C=O) groups is 2. The van der Waals surface area contributed by atoms with E-state index in [1.54, 1.807) is 42.0 Å². The van der Waals surface area contributed by atoms with Crippen LogP contribution >= 0.6 is 0 Å². The van der Waals surface area contributed by atoms with Crippen LogP contribution in [-0.2, 0) is 16.1 Å². The predicted molar refractivity (Wildman–Crippen MR) is 87.2 cm³/mol. The summed E-state index contributed by atoms with van der Waals surface area (Å²) in [4.78, 5) is 35.3. The van der Waals surface area contributed by atoms with Gasteiger partial charge in [-0.15, -0.1) is 0 Å². The van der Waals surface area contributed by atoms with Crippen LogP contribution in [0.1, 0.15) is 20.3 Å². The van der Waals surface area contributed by atoms with Crippen molar-refractivity contribution in [2.45, 2.75) is 32.9 Å². The lowest BCUT2D eigenvalue weighted by Crippen LogP contribution is -2.46. The molecule has 0 spiro atoms. The number of aromatic nitrogens is 1. The lowest BCUT2D eigenvalue weighted by molar-refractivity contribution is -0.143. The van der Waals surface area contributed by atoms with Gasteiger partial charge in [0.25, 0.3) is 0 Å². The van der Waals surface area contributed by atoms with Gasteiger partial charge in [-0.3, -0.25) is 9.59 Å². The van der Waals surface area contributed by atoms with Crippen LogP contribution in [0.3, 0.4) is 0 Å². The molecule has 0 bridgehead atoms. The number of carbonyl (C=O) groups excluding carboxylic acids is 1. The molecule has 1 aromatic carbocycles. The molecule has 6 heteroatoms. The Balaban J connectivity index is 2.22. The molecule has 0 unspecified atom stereocenters. The summed E-state index contributed by atoms with van der Waals surface area (Å²) in [6.45, 7) is 3.62. The molecule has 122 valence electrons. The van der Waals surface area contributed by atoms with Gasteiger partial charge in [0.15, 0.2) is 5.43 Å². The molecule has 6 nitrogen and oxygen atoms in total. The number of amides is 1. The van der Waals surface area contributed by atoms with Crippen molar-refractivity contribution < 1.29 is 14.7 Å². The molecule has 0 aliphatic carbocycles. The van der Waals surface area contributed by atoms with E-state index in [9.17, 15) is 19.5 Å². The minimum absolute atomic E-state index is 0.0407. The highest BCUT2D eigenvalue weighted by atomic mass is 16.4. The zero-order valence-electron chi connectivity index (χ0n) is 13.2. The number of para-hydroxylation sites is 1. The zero-order chi connectivity index (χ0) is 17.0. The van der Waals surface area contributed by atoms with Gasteiger partial charge in [0.1, 0.15) is 12.6 Å². The lowest BCUT2D eigenvalue weighted by atomic mass is 9.99. The first-order chi connectivity index (χ1) is 10.9. The average Bonchev–Trinajstić information content (AvgIpc) is 2.54. The summed E-state index contributed by atoms with van der Waals surface area (Å²) in [5.41, 5.74) is 0.533. The van der Waals surface area contributed by atoms with Crippen molar-refractivity contribution >= 4 is 22.8 Å². The number of fused-ring (bicyclic) bond motifs is 1. The molecule has 0 fully saturated rings. The molecule has 2 N–H and O–H groups in total. The third kappa shape index (κ3) is 3.77. The molecule has 0 aliphatic heterocycles. The molecule has 2 rings (SSSR count). The molecule has 23 heavy (non-hydrogen) atoms. The second kappa shape index (κ2) is 7.09. The molecular weight excluding hydrogens is 296 g/mol. The molecule has 2 atom stereocenters. The van der Waals surface area contributed by atoms with E-state index in [0.29, 0.717) is 17.3 Å². The Hall–Kier alpha value is -2.63. The van der Waals surface area contributed by atoms with Gasteiger partial charge in [0.2, 0.25) is 5.91 Å². The van der Waals surface area contributed by atoms with Crippen LogP contribution in [0.15, 0.2) is 41.3 Å². The van der Waals surface area contributed by atoms with Gasteiger partial charge in [-0.2, -0.15) is 0 Å². The van der Waals surface area contributed by atoms with Gasteiger partial charge in [-0.25, -0.2) is 4.79 Å². The van der Waals surface area contributed by atoms with Crippen LogP contribution in [0.5, 0.6) is 0 Å². The molecular formula is C17H20N2O4. The quantitative estimate of drug-likeness (QED) is 0.847. The maximum atomic E-state index is 12.2. The molecule has 0 radical (unpaired) electrons. The average molecular weight is 316 g/mol. The van der Waals surface area contributed by atoms with Gasteiger partial charge in [-0.1, -0.05) is 32.4 Å². The van der Waals surface area contributed by atoms with E-state index in [2.05, 4.69) is 5.32 Å². The Kier molecular flexibility index (Phi) is 5.16. The highest BCUT2D eigenvalue weighted by Crippen LogP contribution is 2.11. The number of rotatable bonds is 6. The van der Waals surface area contributed by atoms with Gasteiger partial charge in [0, 0.05) is 17.6 Å². The SMILES string of the molecule is CC[C@H](C)[C@H](NC(=O)Cn1ccc(=O)c2ccccc21)C(=O)O. The van der Waals surface area contributed by atoms with E-state index in [0.717, 1.165) is 0 Å². The number of hydrogen-bond donors (Lipinski definition) is 2. The van der Waals surface area contributed by atoms with E-state index < -0.39 is 17.9 Å². The van der Waals surface area contributed by atoms with Crippen molar-refractivity contribution in [2.24, 2.45) is 5.92 Å². The number of pyridine rings is 1. The van der Waals surface area contributed by atoms with Crippen LogP contribution in [0, 0.1) is 5.92 Å². The normalized spacial score (nSPS) is 13.5. The van der Waals surface area contributed by atoms with Crippen molar-refractivity contribution in [3.8, 4) is 0 Å². The topological polar surface area (TPSA) is 88.4 Å². The zero-order valence-corrected chi connectivity index (χ0v) is 13.2. The third-order valence-corrected chi connectivity index (χ3v) is 3.99. The van der Waals surface area contributed by atoms with Gasteiger partial charge < -0.3 is 15.0 Å². The fourth-order valence-corrected chi connectivity index (χ4v) is 2.45. The number of benzene rings is 1. The van der Waals surface area contributed by atoms with Crippen molar-refractivity contribution in [1.29, 1.82) is 0 Å². The first kappa shape index (κ1) is 16.7. The number of hydrogen-bond acceptors (Lipinski definition) is 3. The number of carboxylic acids is 1. The second-order valence-corrected chi connectivity index (χ2v) is 5.59. The summed E-state index contributed by atoms with van der Waals surface area (Å²) in [5, 5.41) is 12.3. The molecule has 0 aliphatic rings. The summed E-state index contributed by atoms with van der Waals surface area (Å²) in [7, 11) is 0. The first-order valence-electron chi connectivity index (χ1n) is 7.54. The Morgan fingerprint density at radius 3 is 2.61 bits per heavy atom. The van der Waals surface area contributed by atoms with Crippen LogP contribution in [-0.4, -0.2) is 27.6 Å². The predicted octanol–water partition coefficient (Wildman–Crippen LogP) is 1.62. The highest BCUT2D eigenvalue weighted by Gasteiger charge is 2.25. The number of nitrogens with one attached hydrogen (secondary N) is 1. The smallest absolute Gasteiger partial charge is 0.326 e. The molecule has 1 heterocycles. The summed E-state index contributed by atoms with van der Waals surface area (Å²) in [5.74, 6) is -1.61. The van der Waals surface area contributed by atoms with Crippen LogP contribution in [0.4, 0.5) is 0 Å². The van der Waals surface area contributed by atoms with Crippen molar-refractivity contribution in [2.75, 3.05) is 0 Å². The summed E-state index contributed by atoms with van der Waals surface area (Å²) in [6, 6.07) is 7.49. The highest BCUT2D eigenvalue weighted by molar-refractivity contribution is 5.85. The van der Waals surface area contributed by atoms with E-state index in [1.807, 2.05) is 6.92 Å². The maximum absolute atomic E-state index is 12.2. The monoisotopic (exact) mass is 316 g/mol. The van der Waals surface area contributed by atoms with Crippen molar-refractivity contribution in [3.63, 3.8) is 0 Å². The summed E-state index contributed by atoms with van der Waals surface area (Å²) in [6.07, 6.45) is 2.20. The van der Waals surface area contributed by atoms with Crippen molar-refractivity contribution in [1.82, 2.24) is 9.88 Å². The molecule has 1 amide bonds. The van der Waals surface area contributed by atoms with Gasteiger partial charge in [-0.05, 0) is 18.1 Å². The minimum atomic E-state index is -1.04. The number of nitrogens with zero attached hydrogens (tertiary/aromatic N) is 1. The number of aliphatic carboxylic acids is 1. The van der Waals surface area contributed by atoms with Gasteiger partial charge in [0.05, 0.1) is 5.52 Å². The van der Waals surface area contributed by atoms with E-state index in [4.69, 9.17) is 0 Å². The second-order valence-electron chi connectivity index (χ2n) is 5.59. The number of carboxylic acid groups (broad SMARTS) is 1. The Morgan fingerprint density at radius 2 is 1.96 bits per heavy atom. The Bertz CT molecular complexity index is 782. The summed E-state index contributed by atoms with van der Waals surface area (Å²) >= 11 is 0. The first-order valence-corrected chi connectivity index (χ1v) is 7.54. The van der Waals surface area contributed by atoms with E-state index in [1.165, 1.54) is 6.07 Å². The maximum Gasteiger partial charge on any atom is 0.326 e. The standard InChI is InChI=1S/C17H20N2O4/c1-3-11(2)16(17(22)23)18-15(21)10-19-9-8-14(20)12-6-4-5-7-13(12)19/h4-9,11,16H,3,10H2,1-2H3,(H,18,21)(H,22,23)/t11-,16-/m0/s1. The fraction of sp³-hybridized carbons (Fsp3) is 0.353. The fourth-order valence-electron chi connectivity index (χ4n) is 2.45. The van der Waals surface area contributed by atoms with Gasteiger partial charge >= 0.3 is 5.97 Å². The largest absolute Gasteiger partial charge is 0.480 e. The lowest BCUT2D eigenvalue weighted by Gasteiger charge is -2.20. The van der Waals surface area contributed by atoms with Crippen LogP contribution in [0.2, 0.25) is 0 Å². The van der Waals surface area contributed by atoms with Crippen LogP contribution in [0.25, 0.3) is 10.9 Å². The Morgan fingerprint density at radius 1 is 1.26 bits per heavy atom. The molecule has 0 saturated heterocycles. The third-order valence-electron chi connectivity index (χ3n) is 3.99. The van der Waals surface area contributed by atoms with Crippen molar-refractivity contribution in [3.05, 3.63) is 46.8 Å². The minimum Gasteiger partial charge on any atom is -0.480 e. The molecule has 1 aromatic heterocycles. The van der Waals surface area contributed by atoms with Crippen LogP contribution < -0.4 is 10.7 Å². The Labute approximate surface area is 133 Å². The molecule has 2 aromatic rings. The van der Waals surface area contributed by atoms with E-state index >= 15 is 0 Å². The summed E-state index contributed by atoms with van der Waals surface area (Å²) < 4.78 is 1.64. The van der Waals surface area contributed by atoms with E-state index in [-0.39, 0.29) is 17.9 Å².